The van der Waals surface area contributed by atoms with E-state index in [1.165, 1.54) is 11.3 Å². The molecule has 4 rings (SSSR count). The third kappa shape index (κ3) is 4.93. The Morgan fingerprint density at radius 1 is 1.31 bits per heavy atom. The van der Waals surface area contributed by atoms with Crippen molar-refractivity contribution in [1.29, 1.82) is 0 Å². The van der Waals surface area contributed by atoms with E-state index in [2.05, 4.69) is 27.8 Å². The van der Waals surface area contributed by atoms with E-state index < -0.39 is 5.97 Å². The van der Waals surface area contributed by atoms with Crippen LogP contribution in [0.25, 0.3) is 0 Å². The number of pyridine rings is 1. The van der Waals surface area contributed by atoms with Gasteiger partial charge in [-0.05, 0) is 47.7 Å². The second kappa shape index (κ2) is 9.07. The molecule has 1 aliphatic rings. The van der Waals surface area contributed by atoms with Crippen LogP contribution in [0.2, 0.25) is 0 Å². The summed E-state index contributed by atoms with van der Waals surface area (Å²) >= 11 is 1.50. The summed E-state index contributed by atoms with van der Waals surface area (Å²) < 4.78 is 6.20. The van der Waals surface area contributed by atoms with Crippen LogP contribution in [0.1, 0.15) is 22.0 Å². The average Bonchev–Trinajstić information content (AvgIpc) is 3.18. The summed E-state index contributed by atoms with van der Waals surface area (Å²) in [6.45, 7) is 1.45. The van der Waals surface area contributed by atoms with Gasteiger partial charge in [-0.3, -0.25) is 4.79 Å². The molecule has 3 heterocycles. The maximum absolute atomic E-state index is 10.9. The van der Waals surface area contributed by atoms with Crippen LogP contribution >= 0.6 is 11.3 Å². The first-order valence-corrected chi connectivity index (χ1v) is 10.5. The number of aliphatic carboxylic acids is 1. The summed E-state index contributed by atoms with van der Waals surface area (Å²) in [6, 6.07) is 16.1. The molecule has 0 fully saturated rings. The number of rotatable bonds is 8. The maximum atomic E-state index is 10.9. The molecule has 29 heavy (non-hydrogen) atoms. The quantitative estimate of drug-likeness (QED) is 0.528. The van der Waals surface area contributed by atoms with E-state index in [1.807, 2.05) is 41.8 Å². The van der Waals surface area contributed by atoms with Gasteiger partial charge in [0.25, 0.3) is 0 Å². The highest BCUT2D eigenvalue weighted by Crippen LogP contribution is 2.30. The molecule has 0 unspecified atom stereocenters. The van der Waals surface area contributed by atoms with Gasteiger partial charge in [-0.1, -0.05) is 30.3 Å². The Hall–Kier alpha value is -2.90. The molecule has 0 radical (unpaired) electrons. The number of thiophene rings is 1. The fourth-order valence-corrected chi connectivity index (χ4v) is 4.41. The highest BCUT2D eigenvalue weighted by molar-refractivity contribution is 7.10. The lowest BCUT2D eigenvalue weighted by atomic mass is 10.00. The van der Waals surface area contributed by atoms with Crippen molar-refractivity contribution in [2.45, 2.75) is 25.0 Å². The van der Waals surface area contributed by atoms with E-state index >= 15 is 0 Å². The van der Waals surface area contributed by atoms with Crippen LogP contribution in [0.4, 0.5) is 5.69 Å². The number of nitrogens with one attached hydrogen (secondary N) is 2. The van der Waals surface area contributed by atoms with Gasteiger partial charge in [-0.25, -0.2) is 4.98 Å². The zero-order chi connectivity index (χ0) is 20.1. The molecule has 3 aromatic rings. The van der Waals surface area contributed by atoms with E-state index in [-0.39, 0.29) is 18.6 Å². The molecule has 7 heteroatoms. The van der Waals surface area contributed by atoms with Gasteiger partial charge in [0, 0.05) is 11.1 Å². The first kappa shape index (κ1) is 19.4. The van der Waals surface area contributed by atoms with Gasteiger partial charge in [0.15, 0.2) is 0 Å². The monoisotopic (exact) mass is 409 g/mol. The highest BCUT2D eigenvalue weighted by Gasteiger charge is 2.29. The summed E-state index contributed by atoms with van der Waals surface area (Å²) in [5.74, 6) is -0.167. The van der Waals surface area contributed by atoms with Gasteiger partial charge in [-0.2, -0.15) is 0 Å². The van der Waals surface area contributed by atoms with Crippen molar-refractivity contribution in [3.05, 3.63) is 76.1 Å². The Balaban J connectivity index is 1.43. The smallest absolute Gasteiger partial charge is 0.308 e. The van der Waals surface area contributed by atoms with Crippen LogP contribution in [0.5, 0.6) is 5.88 Å². The first-order valence-electron chi connectivity index (χ1n) is 9.61. The average molecular weight is 410 g/mol. The third-order valence-corrected chi connectivity index (χ3v) is 5.86. The maximum Gasteiger partial charge on any atom is 0.308 e. The summed E-state index contributed by atoms with van der Waals surface area (Å²) in [4.78, 5) is 16.1. The Labute approximate surface area is 173 Å². The zero-order valence-electron chi connectivity index (χ0n) is 15.9. The predicted octanol–water partition coefficient (Wildman–Crippen LogP) is 3.52. The van der Waals surface area contributed by atoms with Crippen LogP contribution in [-0.2, 0) is 17.6 Å². The molecule has 0 amide bonds. The lowest BCUT2D eigenvalue weighted by molar-refractivity contribution is -0.136. The van der Waals surface area contributed by atoms with Gasteiger partial charge < -0.3 is 20.5 Å². The zero-order valence-corrected chi connectivity index (χ0v) is 16.7. The fraction of sp³-hybridized carbons (Fsp3) is 0.273. The van der Waals surface area contributed by atoms with E-state index in [1.54, 1.807) is 6.20 Å². The number of carboxylic acid groups (broad SMARTS) is 1. The van der Waals surface area contributed by atoms with Crippen molar-refractivity contribution in [3.63, 3.8) is 0 Å². The lowest BCUT2D eigenvalue weighted by Crippen LogP contribution is -2.43. The molecule has 0 aliphatic carbocycles. The number of ether oxygens (including phenoxy) is 1. The molecule has 6 nitrogen and oxygen atoms in total. The van der Waals surface area contributed by atoms with Crippen molar-refractivity contribution in [2.75, 3.05) is 18.4 Å². The number of nitrogens with zero attached hydrogens (tertiary/aromatic N) is 1. The van der Waals surface area contributed by atoms with Crippen LogP contribution in [-0.4, -0.2) is 35.3 Å². The summed E-state index contributed by atoms with van der Waals surface area (Å²) in [5.41, 5.74) is 3.23. The molecule has 0 saturated heterocycles. The predicted molar refractivity (Wildman–Crippen MR) is 114 cm³/mol. The van der Waals surface area contributed by atoms with Crippen LogP contribution < -0.4 is 15.4 Å². The van der Waals surface area contributed by atoms with Crippen molar-refractivity contribution >= 4 is 23.0 Å². The molecule has 1 aliphatic heterocycles. The van der Waals surface area contributed by atoms with Crippen molar-refractivity contribution < 1.29 is 14.6 Å². The second-order valence-electron chi connectivity index (χ2n) is 6.98. The number of aromatic nitrogens is 1. The number of carbonyl (C=O) groups is 1. The first-order chi connectivity index (χ1) is 14.2. The third-order valence-electron chi connectivity index (χ3n) is 4.87. The van der Waals surface area contributed by atoms with Gasteiger partial charge in [0.05, 0.1) is 24.7 Å². The van der Waals surface area contributed by atoms with Gasteiger partial charge in [-0.15, -0.1) is 11.3 Å². The topological polar surface area (TPSA) is 83.5 Å². The normalized spacial score (nSPS) is 16.3. The molecule has 150 valence electrons. The van der Waals surface area contributed by atoms with Gasteiger partial charge in [0.2, 0.25) is 5.88 Å². The molecular weight excluding hydrogens is 386 g/mol. The standard InChI is InChI=1S/C22H23N3O3S/c26-20(27)12-17-11-15(14-29-17)8-10-23-21(16-5-2-1-3-6-16)19-13-25-18-7-4-9-24-22(18)28-19/h1-7,9,11,14,19,21,23,25H,8,10,12-13H2,(H,26,27)/t19-,21-/m1/s1. The van der Waals surface area contributed by atoms with Crippen LogP contribution in [0.15, 0.2) is 60.1 Å². The molecule has 2 atom stereocenters. The van der Waals surface area contributed by atoms with E-state index in [0.29, 0.717) is 12.4 Å². The number of carboxylic acids is 1. The highest BCUT2D eigenvalue weighted by atomic mass is 32.1. The van der Waals surface area contributed by atoms with E-state index in [9.17, 15) is 4.79 Å². The van der Waals surface area contributed by atoms with Crippen molar-refractivity contribution in [3.8, 4) is 5.88 Å². The minimum absolute atomic E-state index is 0.0102. The molecule has 3 N–H and O–H groups in total. The Morgan fingerprint density at radius 2 is 2.17 bits per heavy atom. The molecule has 0 spiro atoms. The minimum Gasteiger partial charge on any atom is -0.481 e. The van der Waals surface area contributed by atoms with Crippen LogP contribution in [0.3, 0.4) is 0 Å². The Bertz CT molecular complexity index is 961. The SMILES string of the molecule is O=C(O)Cc1cc(CCN[C@H](c2ccccc2)[C@H]2CNc3cccnc3O2)cs1. The van der Waals surface area contributed by atoms with Crippen LogP contribution in [0, 0.1) is 0 Å². The molecule has 2 aromatic heterocycles. The number of fused-ring (bicyclic) bond motifs is 1. The fourth-order valence-electron chi connectivity index (χ4n) is 3.50. The number of anilines is 1. The van der Waals surface area contributed by atoms with Gasteiger partial charge in [0.1, 0.15) is 6.10 Å². The number of benzene rings is 1. The lowest BCUT2D eigenvalue weighted by Gasteiger charge is -2.33. The summed E-state index contributed by atoms with van der Waals surface area (Å²) in [7, 11) is 0. The number of hydrogen-bond donors (Lipinski definition) is 3. The minimum atomic E-state index is -0.795. The van der Waals surface area contributed by atoms with Crippen molar-refractivity contribution in [2.24, 2.45) is 0 Å². The molecule has 1 aromatic carbocycles. The second-order valence-corrected chi connectivity index (χ2v) is 7.97. The Kier molecular flexibility index (Phi) is 6.07. The van der Waals surface area contributed by atoms with E-state index in [4.69, 9.17) is 9.84 Å². The summed E-state index contributed by atoms with van der Waals surface area (Å²) in [5, 5.41) is 18.0. The molecular formula is C22H23N3O3S. The number of hydrogen-bond acceptors (Lipinski definition) is 6. The van der Waals surface area contributed by atoms with Crippen molar-refractivity contribution in [1.82, 2.24) is 10.3 Å². The van der Waals surface area contributed by atoms with E-state index in [0.717, 1.165) is 34.7 Å². The van der Waals surface area contributed by atoms with Gasteiger partial charge >= 0.3 is 5.97 Å². The molecule has 0 bridgehead atoms. The summed E-state index contributed by atoms with van der Waals surface area (Å²) in [6.07, 6.45) is 2.55. The molecule has 0 saturated carbocycles. The Morgan fingerprint density at radius 3 is 3.00 bits per heavy atom. The largest absolute Gasteiger partial charge is 0.481 e.